The Bertz CT molecular complexity index is 1330. The van der Waals surface area contributed by atoms with Gasteiger partial charge in [-0.3, -0.25) is 13.9 Å². The van der Waals surface area contributed by atoms with Gasteiger partial charge in [-0.05, 0) is 48.7 Å². The molecule has 2 unspecified atom stereocenters. The van der Waals surface area contributed by atoms with Crippen LogP contribution in [0.2, 0.25) is 0 Å². The van der Waals surface area contributed by atoms with Crippen LogP contribution in [-0.2, 0) is 21.8 Å². The first-order valence-electron chi connectivity index (χ1n) is 11.1. The first-order valence-corrected chi connectivity index (χ1v) is 12.4. The number of Topliss-reactive ketones (excluding diaryl/α,β-unsaturated/α-hetero) is 1. The number of halogens is 3. The summed E-state index contributed by atoms with van der Waals surface area (Å²) in [6.45, 7) is -0.180. The average Bonchev–Trinajstić information content (AvgIpc) is 3.23. The molecule has 1 aliphatic heterocycles. The SMILES string of the molecule is CN1C(=O)N(c2cccc(C(F)(F)F)c2)C2=C(C(=O)CC2)C1c1ccc(C#N)cc1S(=O)CCCO. The largest absolute Gasteiger partial charge is 0.416 e. The summed E-state index contributed by atoms with van der Waals surface area (Å²) in [7, 11) is -0.201. The van der Waals surface area contributed by atoms with Crippen LogP contribution in [0, 0.1) is 11.3 Å². The van der Waals surface area contributed by atoms with Crippen LogP contribution < -0.4 is 4.90 Å². The molecular weight excluding hydrogens is 495 g/mol. The van der Waals surface area contributed by atoms with E-state index in [4.69, 9.17) is 5.11 Å². The minimum Gasteiger partial charge on any atom is -0.396 e. The Hall–Kier alpha value is -3.49. The number of hydrogen-bond donors (Lipinski definition) is 1. The van der Waals surface area contributed by atoms with Gasteiger partial charge in [0.15, 0.2) is 5.78 Å². The van der Waals surface area contributed by atoms with E-state index in [1.165, 1.54) is 36.2 Å². The van der Waals surface area contributed by atoms with Gasteiger partial charge in [-0.25, -0.2) is 4.79 Å². The standard InChI is InChI=1S/C25H22F3N3O4S/c1-30-23(18-7-6-15(14-29)12-21(18)36(35)11-3-10-32)22-19(8-9-20(22)33)31(24(30)34)17-5-2-4-16(13-17)25(26,27)28/h2,4-7,12-13,23,32H,3,8-11H2,1H3. The number of anilines is 1. The number of amides is 2. The van der Waals surface area contributed by atoms with Gasteiger partial charge in [0.05, 0.1) is 39.7 Å². The molecule has 0 aromatic heterocycles. The van der Waals surface area contributed by atoms with Gasteiger partial charge in [-0.15, -0.1) is 0 Å². The molecule has 36 heavy (non-hydrogen) atoms. The Labute approximate surface area is 207 Å². The number of allylic oxidation sites excluding steroid dienone is 1. The molecule has 0 bridgehead atoms. The number of carbonyl (C=O) groups is 2. The Balaban J connectivity index is 1.88. The topological polar surface area (TPSA) is 102 Å². The molecule has 1 N–H and O–H groups in total. The predicted octanol–water partition coefficient (Wildman–Crippen LogP) is 4.30. The number of nitriles is 1. The fourth-order valence-corrected chi connectivity index (χ4v) is 5.88. The second kappa shape index (κ2) is 9.87. The van der Waals surface area contributed by atoms with Crippen molar-refractivity contribution in [3.05, 3.63) is 70.4 Å². The Kier molecular flexibility index (Phi) is 7.02. The van der Waals surface area contributed by atoms with E-state index in [9.17, 15) is 32.2 Å². The zero-order chi connectivity index (χ0) is 26.2. The van der Waals surface area contributed by atoms with Crippen molar-refractivity contribution in [1.29, 1.82) is 5.26 Å². The number of hydrogen-bond acceptors (Lipinski definition) is 5. The summed E-state index contributed by atoms with van der Waals surface area (Å²) < 4.78 is 53.1. The van der Waals surface area contributed by atoms with Crippen molar-refractivity contribution in [1.82, 2.24) is 4.90 Å². The maximum absolute atomic E-state index is 13.6. The number of ketones is 1. The van der Waals surface area contributed by atoms with Gasteiger partial charge < -0.3 is 10.0 Å². The Morgan fingerprint density at radius 1 is 1.17 bits per heavy atom. The first-order chi connectivity index (χ1) is 17.1. The molecular formula is C25H22F3N3O4S. The van der Waals surface area contributed by atoms with Gasteiger partial charge in [0.25, 0.3) is 0 Å². The third-order valence-electron chi connectivity index (χ3n) is 6.23. The van der Waals surface area contributed by atoms with Crippen molar-refractivity contribution in [3.63, 3.8) is 0 Å². The number of aliphatic hydroxyl groups excluding tert-OH is 1. The summed E-state index contributed by atoms with van der Waals surface area (Å²) in [6.07, 6.45) is -4.11. The summed E-state index contributed by atoms with van der Waals surface area (Å²) in [5, 5.41) is 18.5. The molecule has 2 aromatic carbocycles. The van der Waals surface area contributed by atoms with Crippen molar-refractivity contribution in [2.45, 2.75) is 36.4 Å². The van der Waals surface area contributed by atoms with Gasteiger partial charge >= 0.3 is 12.2 Å². The van der Waals surface area contributed by atoms with E-state index in [1.807, 2.05) is 6.07 Å². The highest BCUT2D eigenvalue weighted by Crippen LogP contribution is 2.46. The lowest BCUT2D eigenvalue weighted by Gasteiger charge is -2.41. The molecule has 0 radical (unpaired) electrons. The smallest absolute Gasteiger partial charge is 0.396 e. The van der Waals surface area contributed by atoms with Crippen molar-refractivity contribution < 1.29 is 32.1 Å². The molecule has 2 atom stereocenters. The zero-order valence-corrected chi connectivity index (χ0v) is 20.0. The summed E-state index contributed by atoms with van der Waals surface area (Å²) in [4.78, 5) is 29.3. The molecule has 1 heterocycles. The molecule has 188 valence electrons. The molecule has 2 aromatic rings. The van der Waals surface area contributed by atoms with Gasteiger partial charge in [0.2, 0.25) is 0 Å². The summed E-state index contributed by atoms with van der Waals surface area (Å²) in [6, 6.07) is 9.29. The third kappa shape index (κ3) is 4.54. The second-order valence-corrected chi connectivity index (χ2v) is 9.99. The monoisotopic (exact) mass is 517 g/mol. The number of benzene rings is 2. The van der Waals surface area contributed by atoms with E-state index in [0.717, 1.165) is 17.0 Å². The van der Waals surface area contributed by atoms with Gasteiger partial charge in [0, 0.05) is 42.0 Å². The van der Waals surface area contributed by atoms with E-state index >= 15 is 0 Å². The van der Waals surface area contributed by atoms with Crippen LogP contribution >= 0.6 is 0 Å². The van der Waals surface area contributed by atoms with E-state index in [-0.39, 0.29) is 59.1 Å². The highest BCUT2D eigenvalue weighted by Gasteiger charge is 2.45. The lowest BCUT2D eigenvalue weighted by atomic mass is 9.92. The lowest BCUT2D eigenvalue weighted by Crippen LogP contribution is -2.48. The molecule has 0 spiro atoms. The normalized spacial score (nSPS) is 18.9. The fraction of sp³-hybridized carbons (Fsp3) is 0.320. The number of nitrogens with zero attached hydrogens (tertiary/aromatic N) is 3. The molecule has 0 saturated carbocycles. The number of rotatable bonds is 6. The summed E-state index contributed by atoms with van der Waals surface area (Å²) >= 11 is 0. The van der Waals surface area contributed by atoms with Crippen molar-refractivity contribution >= 4 is 28.3 Å². The maximum Gasteiger partial charge on any atom is 0.416 e. The van der Waals surface area contributed by atoms with E-state index in [0.29, 0.717) is 11.3 Å². The van der Waals surface area contributed by atoms with E-state index < -0.39 is 34.6 Å². The predicted molar refractivity (Wildman–Crippen MR) is 125 cm³/mol. The minimum atomic E-state index is -4.61. The van der Waals surface area contributed by atoms with Crippen molar-refractivity contribution in [2.75, 3.05) is 24.3 Å². The number of carbonyl (C=O) groups excluding carboxylic acids is 2. The molecule has 11 heteroatoms. The highest BCUT2D eigenvalue weighted by molar-refractivity contribution is 7.85. The van der Waals surface area contributed by atoms with Gasteiger partial charge in [-0.2, -0.15) is 18.4 Å². The second-order valence-electron chi connectivity index (χ2n) is 8.45. The van der Waals surface area contributed by atoms with Crippen molar-refractivity contribution in [3.8, 4) is 6.07 Å². The van der Waals surface area contributed by atoms with E-state index in [2.05, 4.69) is 0 Å². The minimum absolute atomic E-state index is 0.00565. The van der Waals surface area contributed by atoms with Crippen LogP contribution in [0.3, 0.4) is 0 Å². The fourth-order valence-electron chi connectivity index (χ4n) is 4.57. The molecule has 2 aliphatic rings. The first kappa shape index (κ1) is 25.6. The van der Waals surface area contributed by atoms with Crippen LogP contribution in [0.4, 0.5) is 23.7 Å². The number of likely N-dealkylation sites (N-methyl/N-ethyl adjacent to an activating group) is 1. The molecule has 2 amide bonds. The molecule has 0 saturated heterocycles. The molecule has 7 nitrogen and oxygen atoms in total. The molecule has 0 fully saturated rings. The van der Waals surface area contributed by atoms with Crippen LogP contribution in [0.1, 0.15) is 42.0 Å². The van der Waals surface area contributed by atoms with Crippen molar-refractivity contribution in [2.24, 2.45) is 0 Å². The van der Waals surface area contributed by atoms with Crippen LogP contribution in [-0.4, -0.2) is 45.4 Å². The molecule has 1 aliphatic carbocycles. The average molecular weight is 518 g/mol. The quantitative estimate of drug-likeness (QED) is 0.616. The lowest BCUT2D eigenvalue weighted by molar-refractivity contribution is -0.137. The van der Waals surface area contributed by atoms with Crippen LogP contribution in [0.25, 0.3) is 0 Å². The zero-order valence-electron chi connectivity index (χ0n) is 19.2. The number of aliphatic hydroxyl groups is 1. The third-order valence-corrected chi connectivity index (χ3v) is 7.73. The van der Waals surface area contributed by atoms with Gasteiger partial charge in [0.1, 0.15) is 0 Å². The van der Waals surface area contributed by atoms with E-state index in [1.54, 1.807) is 6.07 Å². The molecule has 4 rings (SSSR count). The Morgan fingerprint density at radius 3 is 2.58 bits per heavy atom. The Morgan fingerprint density at radius 2 is 1.92 bits per heavy atom. The number of alkyl halides is 3. The summed E-state index contributed by atoms with van der Waals surface area (Å²) in [5.41, 5.74) is 0.274. The number of urea groups is 1. The van der Waals surface area contributed by atoms with Gasteiger partial charge in [-0.1, -0.05) is 12.1 Å². The highest BCUT2D eigenvalue weighted by atomic mass is 32.2. The summed E-state index contributed by atoms with van der Waals surface area (Å²) in [5.74, 6) is -0.151. The maximum atomic E-state index is 13.6. The van der Waals surface area contributed by atoms with Crippen LogP contribution in [0.15, 0.2) is 58.6 Å². The van der Waals surface area contributed by atoms with Crippen LogP contribution in [0.5, 0.6) is 0 Å².